The summed E-state index contributed by atoms with van der Waals surface area (Å²) in [5, 5.41) is 66.5. The number of hydrogen-bond donors (Lipinski definition) is 5. The van der Waals surface area contributed by atoms with Gasteiger partial charge in [-0.2, -0.15) is 51.2 Å². The molecule has 10 N–H and O–H groups in total. The fraction of sp³-hybridized carbons (Fsp3) is 0.485. The quantitative estimate of drug-likeness (QED) is 0.0473. The zero-order chi connectivity index (χ0) is 96.4. The molecule has 38 heteroatoms. The van der Waals surface area contributed by atoms with Crippen molar-refractivity contribution in [1.29, 1.82) is 5.26 Å². The molecule has 6 aliphatic carbocycles. The molecule has 16 aromatic heterocycles. The fourth-order valence-electron chi connectivity index (χ4n) is 19.8. The Hall–Kier alpha value is -13.4. The topological polar surface area (TPSA) is 476 Å². The van der Waals surface area contributed by atoms with Crippen molar-refractivity contribution in [2.24, 2.45) is 7.05 Å². The third kappa shape index (κ3) is 17.5. The van der Waals surface area contributed by atoms with Crippen LogP contribution in [0.4, 0.5) is 29.1 Å². The van der Waals surface area contributed by atoms with Crippen molar-refractivity contribution in [1.82, 2.24) is 123 Å². The van der Waals surface area contributed by atoms with Crippen LogP contribution in [0, 0.1) is 18.3 Å². The molecule has 9 aliphatic rings. The number of ether oxygens (including phenoxy) is 3. The Morgan fingerprint density at radius 2 is 0.813 bits per heavy atom. The number of allylic oxidation sites excluding steroid dienone is 2. The maximum absolute atomic E-state index is 12.5. The maximum atomic E-state index is 12.5. The lowest BCUT2D eigenvalue weighted by Gasteiger charge is -2.24. The minimum Gasteiger partial charge on any atom is -0.383 e. The van der Waals surface area contributed by atoms with Gasteiger partial charge in [-0.15, -0.1) is 0 Å². The number of nitrogens with two attached hydrogens (primary N) is 5. The molecule has 0 amide bonds. The van der Waals surface area contributed by atoms with E-state index < -0.39 is 0 Å². The first-order valence-electron chi connectivity index (χ1n) is 49.4. The molecule has 16 aromatic rings. The predicted octanol–water partition coefficient (Wildman–Crippen LogP) is 20.4. The molecular weight excluding hydrogens is 1820 g/mol. The molecule has 8 fully saturated rings. The Morgan fingerprint density at radius 3 is 1.21 bits per heavy atom. The van der Waals surface area contributed by atoms with E-state index in [1.165, 1.54) is 44.7 Å². The Morgan fingerprint density at radius 1 is 0.424 bits per heavy atom. The van der Waals surface area contributed by atoms with Crippen LogP contribution in [0.3, 0.4) is 0 Å². The molecule has 0 radical (unpaired) electrons. The standard InChI is InChI=1S/C21H25N7O.C21H28N6O.C20H25BrN6O.C20H21N5O2.C19H21N7O/c1-12(2)27-20-14(10-22)11-24-21(23)18(20)19(26-27)16-9-15(13-6-7-13)25-28(16)17-5-3-4-8-29-17;1-12(2)26-20-13(3)11-23-21(22)18(20)19(25-26)16-10-15(14-7-8-14)24-27(16)17-6-4-5-9-28-17;1-11(2)26-19-13(21)10-23-20(22)17(19)18(25-26)15-9-14(12-6-7-12)24-27(15)16-5-3-4-8-28-16;1-10(2)25-13-8-9-22-20(21)16(13)17(23-25)18-15(12-4-3-5-14(12)26)19(27-24-18)11-6-7-11;1-10(2)26-13-6-8-21-19(20)15(13)16(23-26)17-14(12-7-9-25(3)22-12)18(27-24-17)11-4-5-11/h9,11-13,17H,3-8H2,1-2H3,(H2,23,24);10-12,14,17H,4-9H2,1-3H3,(H2,22,23);9-12,16H,3-8H2,1-2H3,(H2,22,23);4,8-11H,3,5-7H2,1-2H3,(H2,21,22);6-11H,4-5H2,1-3H3,(H2,20,21). The van der Waals surface area contributed by atoms with Gasteiger partial charge in [0.15, 0.2) is 24.5 Å². The van der Waals surface area contributed by atoms with Crippen molar-refractivity contribution in [2.45, 2.75) is 289 Å². The van der Waals surface area contributed by atoms with Crippen LogP contribution in [-0.2, 0) is 26.1 Å². The summed E-state index contributed by atoms with van der Waals surface area (Å²) >= 11 is 3.64. The first-order chi connectivity index (χ1) is 67.3. The molecule has 0 aromatic carbocycles. The lowest BCUT2D eigenvalue weighted by molar-refractivity contribution is -0.113. The SMILES string of the molecule is CC(C)n1nc(-c2cc(C3CC3)nn2C2CCCCO2)c2c(N)ncc(Br)c21.CC(C)n1nc(-c2cc(C3CC3)nn2C2CCCCO2)c2c(N)ncc(C#N)c21.CC(C)n1nc(-c2noc(C3CC3)c2-c2ccn(C)n2)c2c(N)nccc21.CC(C)n1nc(-c2noc(C3CC3)c2C2=CCCC2=O)c2c(N)nccc21.Cc1cnc(N)c2c(-c3cc(C4CC4)nn3C3CCCCO3)nn(C(C)C)c12. The number of pyridine rings is 5. The van der Waals surface area contributed by atoms with Crippen molar-refractivity contribution in [3.8, 4) is 74.3 Å². The Kier molecular flexibility index (Phi) is 24.8. The molecule has 3 atom stereocenters. The largest absolute Gasteiger partial charge is 0.383 e. The highest BCUT2D eigenvalue weighted by Gasteiger charge is 2.42. The van der Waals surface area contributed by atoms with Crippen molar-refractivity contribution in [3.63, 3.8) is 0 Å². The minimum absolute atomic E-state index is 0.0329. The van der Waals surface area contributed by atoms with E-state index in [0.717, 1.165) is 254 Å². The predicted molar refractivity (Wildman–Crippen MR) is 534 cm³/mol. The van der Waals surface area contributed by atoms with Crippen molar-refractivity contribution < 1.29 is 28.1 Å². The number of carbonyl (C=O) groups is 1. The number of aryl methyl sites for hydroxylation is 2. The molecule has 19 heterocycles. The summed E-state index contributed by atoms with van der Waals surface area (Å²) < 4.78 is 48.3. The molecular formula is C101H120BrN31O6. The Labute approximate surface area is 811 Å². The number of anilines is 5. The number of aromatic nitrogens is 25. The lowest BCUT2D eigenvalue weighted by Crippen LogP contribution is -2.20. The summed E-state index contributed by atoms with van der Waals surface area (Å²) in [5.41, 5.74) is 52.2. The number of hydrogen-bond acceptors (Lipinski definition) is 28. The van der Waals surface area contributed by atoms with Crippen LogP contribution in [0.5, 0.6) is 0 Å². The van der Waals surface area contributed by atoms with Gasteiger partial charge in [-0.3, -0.25) is 32.9 Å². The van der Waals surface area contributed by atoms with Gasteiger partial charge >= 0.3 is 0 Å². The highest BCUT2D eigenvalue weighted by atomic mass is 79.9. The number of Topliss-reactive ketones (excluding diaryl/α,β-unsaturated/α-hetero) is 1. The molecule has 0 spiro atoms. The van der Waals surface area contributed by atoms with E-state index in [9.17, 15) is 10.1 Å². The van der Waals surface area contributed by atoms with E-state index in [-0.39, 0.29) is 54.7 Å². The average Bonchev–Trinajstić information content (AvgIpc) is 1.61. The Bertz CT molecular complexity index is 7270. The van der Waals surface area contributed by atoms with E-state index in [1.807, 2.05) is 85.7 Å². The highest BCUT2D eigenvalue weighted by molar-refractivity contribution is 9.10. The zero-order valence-corrected chi connectivity index (χ0v) is 82.4. The number of nitrogen functional groups attached to an aromatic ring is 5. The molecule has 37 nitrogen and oxygen atoms in total. The number of carbonyl (C=O) groups excluding carboxylic acids is 1. The molecule has 5 saturated carbocycles. The van der Waals surface area contributed by atoms with Crippen LogP contribution in [0.2, 0.25) is 0 Å². The summed E-state index contributed by atoms with van der Waals surface area (Å²) in [6, 6.07) is 15.4. The van der Waals surface area contributed by atoms with Crippen molar-refractivity contribution in [2.75, 3.05) is 48.5 Å². The number of nitriles is 1. The van der Waals surface area contributed by atoms with E-state index in [1.54, 1.807) is 23.3 Å². The number of fused-ring (bicyclic) bond motifs is 5. The van der Waals surface area contributed by atoms with Gasteiger partial charge in [0.2, 0.25) is 0 Å². The van der Waals surface area contributed by atoms with E-state index in [2.05, 4.69) is 152 Å². The van der Waals surface area contributed by atoms with Crippen LogP contribution in [0.1, 0.15) is 328 Å². The number of halogens is 1. The smallest absolute Gasteiger partial charge is 0.163 e. The molecule has 3 aliphatic heterocycles. The number of ketones is 1. The molecule has 139 heavy (non-hydrogen) atoms. The first kappa shape index (κ1) is 92.0. The molecule has 3 saturated heterocycles. The second-order valence-corrected chi connectivity index (χ2v) is 40.7. The van der Waals surface area contributed by atoms with Gasteiger partial charge in [0.1, 0.15) is 86.5 Å². The molecule has 25 rings (SSSR count). The molecule has 0 bridgehead atoms. The van der Waals surface area contributed by atoms with Crippen LogP contribution in [0.15, 0.2) is 93.2 Å². The zero-order valence-electron chi connectivity index (χ0n) is 80.8. The summed E-state index contributed by atoms with van der Waals surface area (Å²) in [4.78, 5) is 34.1. The van der Waals surface area contributed by atoms with Crippen LogP contribution in [0.25, 0.3) is 128 Å². The summed E-state index contributed by atoms with van der Waals surface area (Å²) in [6.07, 6.45) is 34.7. The van der Waals surface area contributed by atoms with Crippen molar-refractivity contribution in [3.05, 3.63) is 129 Å². The minimum atomic E-state index is -0.0983. The van der Waals surface area contributed by atoms with E-state index in [0.29, 0.717) is 99.0 Å². The van der Waals surface area contributed by atoms with Gasteiger partial charge < -0.3 is 51.9 Å². The summed E-state index contributed by atoms with van der Waals surface area (Å²) in [6.45, 7) is 25.3. The van der Waals surface area contributed by atoms with Gasteiger partial charge in [-0.25, -0.2) is 39.0 Å². The lowest BCUT2D eigenvalue weighted by atomic mass is 9.97. The van der Waals surface area contributed by atoms with E-state index in [4.69, 9.17) is 92.7 Å². The average molecular weight is 1940 g/mol. The normalized spacial score (nSPS) is 18.5. The first-order valence-corrected chi connectivity index (χ1v) is 50.2. The summed E-state index contributed by atoms with van der Waals surface area (Å²) in [7, 11) is 1.90. The van der Waals surface area contributed by atoms with Gasteiger partial charge in [0, 0.05) is 136 Å². The third-order valence-corrected chi connectivity index (χ3v) is 28.2. The van der Waals surface area contributed by atoms with Gasteiger partial charge in [-0.05, 0) is 262 Å². The van der Waals surface area contributed by atoms with E-state index >= 15 is 0 Å². The van der Waals surface area contributed by atoms with Gasteiger partial charge in [-0.1, -0.05) is 16.4 Å². The van der Waals surface area contributed by atoms with Crippen LogP contribution < -0.4 is 28.7 Å². The monoisotopic (exact) mass is 1940 g/mol. The maximum Gasteiger partial charge on any atom is 0.163 e. The fourth-order valence-corrected chi connectivity index (χ4v) is 20.3. The second-order valence-electron chi connectivity index (χ2n) is 39.8. The number of nitrogens with zero attached hydrogens (tertiary/aromatic N) is 26. The molecule has 722 valence electrons. The molecule has 3 unspecified atom stereocenters. The Balaban J connectivity index is 0.000000103. The number of rotatable bonds is 20. The highest BCUT2D eigenvalue weighted by Crippen LogP contribution is 2.53. The summed E-state index contributed by atoms with van der Waals surface area (Å²) in [5.74, 6) is 6.46. The van der Waals surface area contributed by atoms with Gasteiger partial charge in [0.05, 0.1) is 116 Å². The van der Waals surface area contributed by atoms with Crippen LogP contribution in [-0.4, -0.2) is 149 Å². The van der Waals surface area contributed by atoms with Gasteiger partial charge in [0.25, 0.3) is 0 Å². The van der Waals surface area contributed by atoms with Crippen LogP contribution >= 0.6 is 15.9 Å². The second kappa shape index (κ2) is 37.4. The third-order valence-electron chi connectivity index (χ3n) is 27.6. The van der Waals surface area contributed by atoms with Crippen molar-refractivity contribution >= 4 is 111 Å².